The van der Waals surface area contributed by atoms with Crippen LogP contribution in [0.3, 0.4) is 0 Å². The van der Waals surface area contributed by atoms with Gasteiger partial charge in [0.1, 0.15) is 0 Å². The Morgan fingerprint density at radius 3 is 2.15 bits per heavy atom. The summed E-state index contributed by atoms with van der Waals surface area (Å²) in [5.74, 6) is -0.360. The number of hydrogen-bond acceptors (Lipinski definition) is 3. The first-order valence-electron chi connectivity index (χ1n) is 8.66. The SMILES string of the molecule is NC(N)=NC(N)=Nc1ccccc1C(=O)N1CCN(c2ccccc2)CC1. The van der Waals surface area contributed by atoms with E-state index in [9.17, 15) is 4.79 Å². The molecule has 2 aromatic rings. The second-order valence-corrected chi connectivity index (χ2v) is 6.14. The molecule has 0 bridgehead atoms. The van der Waals surface area contributed by atoms with Crippen molar-refractivity contribution in [2.75, 3.05) is 31.1 Å². The molecule has 0 radical (unpaired) electrons. The molecule has 8 nitrogen and oxygen atoms in total. The standard InChI is InChI=1S/C19H23N7O/c20-18(21)24-19(22)23-16-9-5-4-8-15(16)17(27)26-12-10-25(11-13-26)14-6-2-1-3-7-14/h1-9H,10-13H2,(H6,20,21,22,23,24). The molecule has 1 amide bonds. The van der Waals surface area contributed by atoms with Crippen molar-refractivity contribution < 1.29 is 4.79 Å². The van der Waals surface area contributed by atoms with Crippen molar-refractivity contribution in [3.05, 3.63) is 60.2 Å². The Hall–Kier alpha value is -3.55. The van der Waals surface area contributed by atoms with Crippen LogP contribution >= 0.6 is 0 Å². The van der Waals surface area contributed by atoms with Crippen LogP contribution in [-0.2, 0) is 0 Å². The molecule has 0 aromatic heterocycles. The number of benzene rings is 2. The zero-order chi connectivity index (χ0) is 19.2. The Balaban J connectivity index is 1.73. The number of carbonyl (C=O) groups excluding carboxylic acids is 1. The fraction of sp³-hybridized carbons (Fsp3) is 0.211. The van der Waals surface area contributed by atoms with Gasteiger partial charge >= 0.3 is 0 Å². The predicted molar refractivity (Wildman–Crippen MR) is 108 cm³/mol. The Bertz CT molecular complexity index is 851. The number of aliphatic imine (C=N–C) groups is 2. The van der Waals surface area contributed by atoms with E-state index in [1.807, 2.05) is 23.1 Å². The third kappa shape index (κ3) is 4.55. The number of para-hydroxylation sites is 2. The molecule has 1 fully saturated rings. The van der Waals surface area contributed by atoms with E-state index in [4.69, 9.17) is 17.2 Å². The molecule has 1 saturated heterocycles. The number of anilines is 1. The second-order valence-electron chi connectivity index (χ2n) is 6.14. The van der Waals surface area contributed by atoms with Crippen molar-refractivity contribution in [3.63, 3.8) is 0 Å². The van der Waals surface area contributed by atoms with Crippen molar-refractivity contribution in [3.8, 4) is 0 Å². The molecule has 27 heavy (non-hydrogen) atoms. The first kappa shape index (κ1) is 18.2. The molecule has 1 aliphatic rings. The lowest BCUT2D eigenvalue weighted by Crippen LogP contribution is -2.48. The number of nitrogens with two attached hydrogens (primary N) is 3. The maximum absolute atomic E-state index is 13.0. The number of nitrogens with zero attached hydrogens (tertiary/aromatic N) is 4. The zero-order valence-electron chi connectivity index (χ0n) is 15.0. The molecule has 6 N–H and O–H groups in total. The van der Waals surface area contributed by atoms with Crippen LogP contribution in [0.2, 0.25) is 0 Å². The lowest BCUT2D eigenvalue weighted by atomic mass is 10.1. The summed E-state index contributed by atoms with van der Waals surface area (Å²) in [6.07, 6.45) is 0. The van der Waals surface area contributed by atoms with Crippen molar-refractivity contribution in [1.82, 2.24) is 4.90 Å². The first-order valence-corrected chi connectivity index (χ1v) is 8.66. The molecule has 0 spiro atoms. The van der Waals surface area contributed by atoms with Crippen LogP contribution in [0.5, 0.6) is 0 Å². The van der Waals surface area contributed by atoms with Crippen LogP contribution in [0.4, 0.5) is 11.4 Å². The molecule has 0 saturated carbocycles. The molecule has 2 aromatic carbocycles. The first-order chi connectivity index (χ1) is 13.0. The Morgan fingerprint density at radius 1 is 0.852 bits per heavy atom. The summed E-state index contributed by atoms with van der Waals surface area (Å²) in [7, 11) is 0. The number of amides is 1. The largest absolute Gasteiger partial charge is 0.370 e. The summed E-state index contributed by atoms with van der Waals surface area (Å²) in [5.41, 5.74) is 18.4. The molecule has 1 aliphatic heterocycles. The Kier molecular flexibility index (Phi) is 5.55. The molecule has 0 unspecified atom stereocenters. The van der Waals surface area contributed by atoms with Crippen LogP contribution in [0.1, 0.15) is 10.4 Å². The van der Waals surface area contributed by atoms with Gasteiger partial charge in [-0.25, -0.2) is 4.99 Å². The highest BCUT2D eigenvalue weighted by atomic mass is 16.2. The van der Waals surface area contributed by atoms with Crippen molar-refractivity contribution in [2.45, 2.75) is 0 Å². The number of rotatable bonds is 3. The van der Waals surface area contributed by atoms with E-state index in [1.165, 1.54) is 5.69 Å². The predicted octanol–water partition coefficient (Wildman–Crippen LogP) is 0.869. The summed E-state index contributed by atoms with van der Waals surface area (Å²) in [4.78, 5) is 24.9. The molecular formula is C19H23N7O. The van der Waals surface area contributed by atoms with E-state index >= 15 is 0 Å². The van der Waals surface area contributed by atoms with Gasteiger partial charge in [0.2, 0.25) is 5.96 Å². The lowest BCUT2D eigenvalue weighted by molar-refractivity contribution is 0.0747. The summed E-state index contributed by atoms with van der Waals surface area (Å²) in [6.45, 7) is 2.82. The minimum Gasteiger partial charge on any atom is -0.370 e. The van der Waals surface area contributed by atoms with Gasteiger partial charge in [0.05, 0.1) is 11.3 Å². The highest BCUT2D eigenvalue weighted by Crippen LogP contribution is 2.22. The smallest absolute Gasteiger partial charge is 0.256 e. The third-order valence-corrected chi connectivity index (χ3v) is 4.30. The van der Waals surface area contributed by atoms with Gasteiger partial charge in [0.15, 0.2) is 5.96 Å². The van der Waals surface area contributed by atoms with E-state index in [0.29, 0.717) is 24.3 Å². The van der Waals surface area contributed by atoms with Crippen LogP contribution < -0.4 is 22.1 Å². The molecule has 3 rings (SSSR count). The summed E-state index contributed by atoms with van der Waals surface area (Å²) in [5, 5.41) is 0. The summed E-state index contributed by atoms with van der Waals surface area (Å²) < 4.78 is 0. The van der Waals surface area contributed by atoms with Gasteiger partial charge in [-0.1, -0.05) is 30.3 Å². The van der Waals surface area contributed by atoms with Gasteiger partial charge in [-0.15, -0.1) is 0 Å². The highest BCUT2D eigenvalue weighted by Gasteiger charge is 2.23. The van der Waals surface area contributed by atoms with Gasteiger partial charge in [-0.05, 0) is 24.3 Å². The lowest BCUT2D eigenvalue weighted by Gasteiger charge is -2.36. The quantitative estimate of drug-likeness (QED) is 0.549. The van der Waals surface area contributed by atoms with Gasteiger partial charge < -0.3 is 27.0 Å². The fourth-order valence-electron chi connectivity index (χ4n) is 3.01. The third-order valence-electron chi connectivity index (χ3n) is 4.30. The average Bonchev–Trinajstić information content (AvgIpc) is 2.68. The fourth-order valence-corrected chi connectivity index (χ4v) is 3.01. The van der Waals surface area contributed by atoms with E-state index in [2.05, 4.69) is 27.0 Å². The molecule has 1 heterocycles. The summed E-state index contributed by atoms with van der Waals surface area (Å²) >= 11 is 0. The molecule has 0 atom stereocenters. The van der Waals surface area contributed by atoms with Gasteiger partial charge in [-0.3, -0.25) is 4.79 Å². The molecule has 0 aliphatic carbocycles. The van der Waals surface area contributed by atoms with Gasteiger partial charge in [0, 0.05) is 31.9 Å². The van der Waals surface area contributed by atoms with Gasteiger partial charge in [0.25, 0.3) is 5.91 Å². The topological polar surface area (TPSA) is 126 Å². The number of guanidine groups is 2. The Morgan fingerprint density at radius 2 is 1.48 bits per heavy atom. The van der Waals surface area contributed by atoms with Crippen molar-refractivity contribution in [1.29, 1.82) is 0 Å². The van der Waals surface area contributed by atoms with Gasteiger partial charge in [-0.2, -0.15) is 4.99 Å². The number of hydrogen-bond donors (Lipinski definition) is 3. The maximum Gasteiger partial charge on any atom is 0.256 e. The second kappa shape index (κ2) is 8.22. The summed E-state index contributed by atoms with van der Waals surface area (Å²) in [6, 6.07) is 17.2. The minimum absolute atomic E-state index is 0.0837. The van der Waals surface area contributed by atoms with Crippen LogP contribution in [0.15, 0.2) is 64.6 Å². The Labute approximate surface area is 158 Å². The molecular weight excluding hydrogens is 342 g/mol. The van der Waals surface area contributed by atoms with Crippen LogP contribution in [0.25, 0.3) is 0 Å². The molecule has 8 heteroatoms. The van der Waals surface area contributed by atoms with E-state index in [1.54, 1.807) is 24.3 Å². The maximum atomic E-state index is 13.0. The van der Waals surface area contributed by atoms with Crippen LogP contribution in [-0.4, -0.2) is 48.9 Å². The van der Waals surface area contributed by atoms with Crippen molar-refractivity contribution in [2.24, 2.45) is 27.2 Å². The van der Waals surface area contributed by atoms with E-state index in [0.717, 1.165) is 13.1 Å². The molecule has 140 valence electrons. The van der Waals surface area contributed by atoms with E-state index in [-0.39, 0.29) is 17.8 Å². The average molecular weight is 365 g/mol. The normalized spacial score (nSPS) is 14.7. The van der Waals surface area contributed by atoms with Crippen LogP contribution in [0, 0.1) is 0 Å². The minimum atomic E-state index is -0.183. The zero-order valence-corrected chi connectivity index (χ0v) is 15.0. The monoisotopic (exact) mass is 365 g/mol. The van der Waals surface area contributed by atoms with E-state index < -0.39 is 0 Å². The number of piperazine rings is 1. The van der Waals surface area contributed by atoms with Crippen molar-refractivity contribution >= 4 is 29.2 Å². The number of carbonyl (C=O) groups is 1. The highest BCUT2D eigenvalue weighted by molar-refractivity contribution is 6.01.